The van der Waals surface area contributed by atoms with Crippen LogP contribution >= 0.6 is 11.6 Å². The van der Waals surface area contributed by atoms with Crippen LogP contribution in [0.25, 0.3) is 0 Å². The summed E-state index contributed by atoms with van der Waals surface area (Å²) in [4.78, 5) is 4.17. The molecule has 0 aliphatic carbocycles. The van der Waals surface area contributed by atoms with E-state index < -0.39 is 11.6 Å². The van der Waals surface area contributed by atoms with E-state index in [9.17, 15) is 8.78 Å². The standard InChI is InChI=1S/C13H11ClF2N2/c1-8-3-2-4-17-12(8)7-18-13-10(14)5-9(15)6-11(13)16/h2-6,18H,7H2,1H3. The average molecular weight is 269 g/mol. The quantitative estimate of drug-likeness (QED) is 0.912. The number of hydrogen-bond donors (Lipinski definition) is 1. The minimum Gasteiger partial charge on any atom is -0.376 e. The Hall–Kier alpha value is -1.68. The van der Waals surface area contributed by atoms with Gasteiger partial charge < -0.3 is 5.32 Å². The van der Waals surface area contributed by atoms with Gasteiger partial charge in [-0.05, 0) is 24.6 Å². The third kappa shape index (κ3) is 2.76. The SMILES string of the molecule is Cc1cccnc1CNc1c(F)cc(F)cc1Cl. The molecule has 0 spiro atoms. The fourth-order valence-electron chi connectivity index (χ4n) is 1.59. The molecule has 0 amide bonds. The molecule has 94 valence electrons. The lowest BCUT2D eigenvalue weighted by atomic mass is 10.2. The molecule has 0 saturated carbocycles. The number of benzene rings is 1. The van der Waals surface area contributed by atoms with E-state index in [2.05, 4.69) is 10.3 Å². The highest BCUT2D eigenvalue weighted by Gasteiger charge is 2.10. The van der Waals surface area contributed by atoms with Crippen LogP contribution in [0.15, 0.2) is 30.5 Å². The van der Waals surface area contributed by atoms with Crippen LogP contribution in [0.1, 0.15) is 11.3 Å². The summed E-state index contributed by atoms with van der Waals surface area (Å²) in [7, 11) is 0. The first-order valence-electron chi connectivity index (χ1n) is 5.37. The zero-order chi connectivity index (χ0) is 13.1. The molecule has 5 heteroatoms. The lowest BCUT2D eigenvalue weighted by molar-refractivity contribution is 0.585. The van der Waals surface area contributed by atoms with Gasteiger partial charge in [-0.3, -0.25) is 4.98 Å². The summed E-state index contributed by atoms with van der Waals surface area (Å²) >= 11 is 5.78. The van der Waals surface area contributed by atoms with Crippen molar-refractivity contribution in [1.29, 1.82) is 0 Å². The number of aryl methyl sites for hydroxylation is 1. The van der Waals surface area contributed by atoms with Gasteiger partial charge >= 0.3 is 0 Å². The monoisotopic (exact) mass is 268 g/mol. The van der Waals surface area contributed by atoms with Crippen LogP contribution in [-0.4, -0.2) is 4.98 Å². The normalized spacial score (nSPS) is 10.4. The summed E-state index contributed by atoms with van der Waals surface area (Å²) < 4.78 is 26.4. The van der Waals surface area contributed by atoms with Crippen molar-refractivity contribution in [2.24, 2.45) is 0 Å². The molecular weight excluding hydrogens is 258 g/mol. The fraction of sp³-hybridized carbons (Fsp3) is 0.154. The molecule has 0 saturated heterocycles. The lowest BCUT2D eigenvalue weighted by Crippen LogP contribution is -2.05. The predicted octanol–water partition coefficient (Wildman–Crippen LogP) is 3.93. The minimum atomic E-state index is -0.714. The highest BCUT2D eigenvalue weighted by atomic mass is 35.5. The number of rotatable bonds is 3. The summed E-state index contributed by atoms with van der Waals surface area (Å²) in [5, 5.41) is 2.84. The van der Waals surface area contributed by atoms with E-state index in [0.29, 0.717) is 6.54 Å². The van der Waals surface area contributed by atoms with Crippen molar-refractivity contribution in [1.82, 2.24) is 4.98 Å². The van der Waals surface area contributed by atoms with Crippen molar-refractivity contribution in [3.05, 3.63) is 58.4 Å². The van der Waals surface area contributed by atoms with Crippen LogP contribution in [0.3, 0.4) is 0 Å². The van der Waals surface area contributed by atoms with Crippen LogP contribution in [0.2, 0.25) is 5.02 Å². The van der Waals surface area contributed by atoms with Crippen LogP contribution in [0.4, 0.5) is 14.5 Å². The largest absolute Gasteiger partial charge is 0.376 e. The van der Waals surface area contributed by atoms with Crippen molar-refractivity contribution < 1.29 is 8.78 Å². The van der Waals surface area contributed by atoms with E-state index in [1.54, 1.807) is 6.20 Å². The van der Waals surface area contributed by atoms with Crippen molar-refractivity contribution in [3.63, 3.8) is 0 Å². The Morgan fingerprint density at radius 3 is 2.78 bits per heavy atom. The predicted molar refractivity (Wildman–Crippen MR) is 67.7 cm³/mol. The molecule has 1 aromatic heterocycles. The molecule has 0 atom stereocenters. The summed E-state index contributed by atoms with van der Waals surface area (Å²) in [6.45, 7) is 2.24. The van der Waals surface area contributed by atoms with Crippen LogP contribution < -0.4 is 5.32 Å². The van der Waals surface area contributed by atoms with Crippen LogP contribution in [0, 0.1) is 18.6 Å². The maximum atomic E-state index is 13.5. The Kier molecular flexibility index (Phi) is 3.77. The molecule has 1 heterocycles. The molecule has 18 heavy (non-hydrogen) atoms. The number of halogens is 3. The van der Waals surface area contributed by atoms with E-state index in [1.165, 1.54) is 0 Å². The molecule has 2 aromatic rings. The average Bonchev–Trinajstić information content (AvgIpc) is 2.30. The second-order valence-electron chi connectivity index (χ2n) is 3.86. The maximum Gasteiger partial charge on any atom is 0.150 e. The van der Waals surface area contributed by atoms with Gasteiger partial charge in [0.15, 0.2) is 5.82 Å². The molecule has 1 aromatic carbocycles. The third-order valence-electron chi connectivity index (χ3n) is 2.56. The zero-order valence-corrected chi connectivity index (χ0v) is 10.4. The fourth-order valence-corrected chi connectivity index (χ4v) is 1.85. The Labute approximate surface area is 109 Å². The Morgan fingerprint density at radius 2 is 2.11 bits per heavy atom. The van der Waals surface area contributed by atoms with Gasteiger partial charge in [0.2, 0.25) is 0 Å². The van der Waals surface area contributed by atoms with E-state index in [-0.39, 0.29) is 10.7 Å². The number of nitrogens with one attached hydrogen (secondary N) is 1. The van der Waals surface area contributed by atoms with E-state index >= 15 is 0 Å². The van der Waals surface area contributed by atoms with E-state index in [0.717, 1.165) is 23.4 Å². The molecule has 1 N–H and O–H groups in total. The first-order chi connectivity index (χ1) is 8.58. The van der Waals surface area contributed by atoms with Crippen molar-refractivity contribution in [2.75, 3.05) is 5.32 Å². The highest BCUT2D eigenvalue weighted by Crippen LogP contribution is 2.26. The minimum absolute atomic E-state index is 0.0149. The molecule has 2 nitrogen and oxygen atoms in total. The first kappa shape index (κ1) is 12.8. The van der Waals surface area contributed by atoms with Crippen molar-refractivity contribution in [3.8, 4) is 0 Å². The summed E-state index contributed by atoms with van der Waals surface area (Å²) in [5.41, 5.74) is 1.86. The molecule has 0 aliphatic rings. The number of aromatic nitrogens is 1. The summed E-state index contributed by atoms with van der Waals surface area (Å²) in [5.74, 6) is -1.41. The molecule has 0 aliphatic heterocycles. The number of pyridine rings is 1. The Bertz CT molecular complexity index is 550. The lowest BCUT2D eigenvalue weighted by Gasteiger charge is -2.10. The zero-order valence-electron chi connectivity index (χ0n) is 9.67. The summed E-state index contributed by atoms with van der Waals surface area (Å²) in [6.07, 6.45) is 1.66. The van der Waals surface area contributed by atoms with Crippen molar-refractivity contribution in [2.45, 2.75) is 13.5 Å². The Balaban J connectivity index is 2.19. The van der Waals surface area contributed by atoms with E-state index in [4.69, 9.17) is 11.6 Å². The second kappa shape index (κ2) is 5.31. The van der Waals surface area contributed by atoms with Crippen molar-refractivity contribution >= 4 is 17.3 Å². The topological polar surface area (TPSA) is 24.9 Å². The van der Waals surface area contributed by atoms with Gasteiger partial charge in [0, 0.05) is 12.3 Å². The molecule has 0 bridgehead atoms. The maximum absolute atomic E-state index is 13.5. The molecule has 2 rings (SSSR count). The van der Waals surface area contributed by atoms with Gasteiger partial charge in [0.1, 0.15) is 5.82 Å². The third-order valence-corrected chi connectivity index (χ3v) is 2.86. The number of hydrogen-bond acceptors (Lipinski definition) is 2. The van der Waals surface area contributed by atoms with Gasteiger partial charge in [-0.2, -0.15) is 0 Å². The van der Waals surface area contributed by atoms with Gasteiger partial charge in [0.25, 0.3) is 0 Å². The van der Waals surface area contributed by atoms with Gasteiger partial charge in [0.05, 0.1) is 22.9 Å². The molecule has 0 fully saturated rings. The van der Waals surface area contributed by atoms with E-state index in [1.807, 2.05) is 19.1 Å². The second-order valence-corrected chi connectivity index (χ2v) is 4.27. The first-order valence-corrected chi connectivity index (χ1v) is 5.74. The van der Waals surface area contributed by atoms with Gasteiger partial charge in [-0.15, -0.1) is 0 Å². The van der Waals surface area contributed by atoms with Crippen LogP contribution in [0.5, 0.6) is 0 Å². The smallest absolute Gasteiger partial charge is 0.150 e. The van der Waals surface area contributed by atoms with Gasteiger partial charge in [-0.1, -0.05) is 17.7 Å². The number of anilines is 1. The Morgan fingerprint density at radius 1 is 1.33 bits per heavy atom. The summed E-state index contributed by atoms with van der Waals surface area (Å²) in [6, 6.07) is 5.59. The highest BCUT2D eigenvalue weighted by molar-refractivity contribution is 6.33. The molecule has 0 radical (unpaired) electrons. The van der Waals surface area contributed by atoms with Crippen LogP contribution in [-0.2, 0) is 6.54 Å². The molecule has 0 unspecified atom stereocenters. The molecular formula is C13H11ClF2N2. The number of nitrogens with zero attached hydrogens (tertiary/aromatic N) is 1. The van der Waals surface area contributed by atoms with Gasteiger partial charge in [-0.25, -0.2) is 8.78 Å².